The lowest BCUT2D eigenvalue weighted by Crippen LogP contribution is -2.08. The van der Waals surface area contributed by atoms with E-state index in [1.807, 2.05) is 6.92 Å². The summed E-state index contributed by atoms with van der Waals surface area (Å²) in [5, 5.41) is 0. The number of carbonyl (C=O) groups excluding carboxylic acids is 1. The first-order valence-corrected chi connectivity index (χ1v) is 6.32. The molecule has 5 heteroatoms. The zero-order valence-corrected chi connectivity index (χ0v) is 11.2. The summed E-state index contributed by atoms with van der Waals surface area (Å²) in [7, 11) is 1.63. The fourth-order valence-electron chi connectivity index (χ4n) is 2.25. The number of aryl methyl sites for hydroxylation is 2. The Hall–Kier alpha value is -2.56. The third-order valence-corrected chi connectivity index (χ3v) is 3.37. The van der Waals surface area contributed by atoms with Crippen LogP contribution in [0.5, 0.6) is 0 Å². The second kappa shape index (κ2) is 4.52. The molecule has 20 heavy (non-hydrogen) atoms. The first-order valence-electron chi connectivity index (χ1n) is 6.32. The highest BCUT2D eigenvalue weighted by Crippen LogP contribution is 2.20. The van der Waals surface area contributed by atoms with Crippen LogP contribution < -0.4 is 5.76 Å². The molecule has 0 aliphatic rings. The molecule has 3 rings (SSSR count). The molecule has 0 saturated carbocycles. The number of benzene rings is 1. The average molecular weight is 271 g/mol. The maximum atomic E-state index is 12.4. The molecule has 1 aromatic carbocycles. The van der Waals surface area contributed by atoms with E-state index in [4.69, 9.17) is 8.83 Å². The van der Waals surface area contributed by atoms with Crippen molar-refractivity contribution in [1.82, 2.24) is 4.57 Å². The largest absolute Gasteiger partial charge is 0.469 e. The van der Waals surface area contributed by atoms with Crippen molar-refractivity contribution >= 4 is 16.9 Å². The summed E-state index contributed by atoms with van der Waals surface area (Å²) in [6, 6.07) is 6.64. The molecule has 0 unspecified atom stereocenters. The zero-order valence-electron chi connectivity index (χ0n) is 11.2. The Morgan fingerprint density at radius 2 is 2.10 bits per heavy atom. The molecule has 0 N–H and O–H groups in total. The first-order chi connectivity index (χ1) is 9.61. The standard InChI is InChI=1S/C15H13NO4/c1-3-12-10(6-7-19-12)14(17)9-4-5-11-13(8-9)20-15(18)16(11)2/h4-8H,3H2,1-2H3. The van der Waals surface area contributed by atoms with Crippen molar-refractivity contribution in [3.05, 3.63) is 58.0 Å². The first kappa shape index (κ1) is 12.5. The highest BCUT2D eigenvalue weighted by atomic mass is 16.4. The van der Waals surface area contributed by atoms with Crippen molar-refractivity contribution in [3.63, 3.8) is 0 Å². The number of hydrogen-bond acceptors (Lipinski definition) is 4. The van der Waals surface area contributed by atoms with Crippen LogP contribution in [0.1, 0.15) is 28.6 Å². The molecule has 0 amide bonds. The Balaban J connectivity index is 2.10. The van der Waals surface area contributed by atoms with Crippen LogP contribution in [0.15, 0.2) is 44.2 Å². The van der Waals surface area contributed by atoms with E-state index in [1.54, 1.807) is 31.3 Å². The van der Waals surface area contributed by atoms with Gasteiger partial charge in [0.1, 0.15) is 5.76 Å². The van der Waals surface area contributed by atoms with E-state index in [2.05, 4.69) is 0 Å². The van der Waals surface area contributed by atoms with Crippen LogP contribution in [0.4, 0.5) is 0 Å². The van der Waals surface area contributed by atoms with Gasteiger partial charge < -0.3 is 8.83 Å². The summed E-state index contributed by atoms with van der Waals surface area (Å²) in [6.45, 7) is 1.93. The van der Waals surface area contributed by atoms with Crippen molar-refractivity contribution in [2.45, 2.75) is 13.3 Å². The maximum absolute atomic E-state index is 12.4. The van der Waals surface area contributed by atoms with E-state index < -0.39 is 5.76 Å². The third-order valence-electron chi connectivity index (χ3n) is 3.37. The van der Waals surface area contributed by atoms with Crippen molar-refractivity contribution in [2.24, 2.45) is 7.05 Å². The highest BCUT2D eigenvalue weighted by Gasteiger charge is 2.17. The van der Waals surface area contributed by atoms with Crippen LogP contribution in [0.2, 0.25) is 0 Å². The minimum Gasteiger partial charge on any atom is -0.469 e. The second-order valence-electron chi connectivity index (χ2n) is 4.55. The molecule has 3 aromatic rings. The van der Waals surface area contributed by atoms with Gasteiger partial charge in [-0.05, 0) is 24.3 Å². The monoisotopic (exact) mass is 271 g/mol. The van der Waals surface area contributed by atoms with E-state index in [0.29, 0.717) is 34.4 Å². The summed E-state index contributed by atoms with van der Waals surface area (Å²) in [5.74, 6) is 0.0794. The fourth-order valence-corrected chi connectivity index (χ4v) is 2.25. The molecule has 2 aromatic heterocycles. The Morgan fingerprint density at radius 1 is 1.30 bits per heavy atom. The molecule has 0 fully saturated rings. The van der Waals surface area contributed by atoms with Gasteiger partial charge in [0.2, 0.25) is 0 Å². The van der Waals surface area contributed by atoms with Crippen molar-refractivity contribution in [3.8, 4) is 0 Å². The van der Waals surface area contributed by atoms with E-state index in [1.165, 1.54) is 10.8 Å². The third kappa shape index (κ3) is 1.79. The number of carbonyl (C=O) groups is 1. The van der Waals surface area contributed by atoms with Gasteiger partial charge in [0.25, 0.3) is 0 Å². The normalized spacial score (nSPS) is 11.1. The second-order valence-corrected chi connectivity index (χ2v) is 4.55. The van der Waals surface area contributed by atoms with Crippen LogP contribution in [-0.4, -0.2) is 10.4 Å². The van der Waals surface area contributed by atoms with Crippen molar-refractivity contribution < 1.29 is 13.6 Å². The number of fused-ring (bicyclic) bond motifs is 1. The summed E-state index contributed by atoms with van der Waals surface area (Å²) < 4.78 is 11.8. The molecule has 0 saturated heterocycles. The predicted octanol–water partition coefficient (Wildman–Crippen LogP) is 2.52. The van der Waals surface area contributed by atoms with Gasteiger partial charge in [-0.2, -0.15) is 0 Å². The topological polar surface area (TPSA) is 65.3 Å². The lowest BCUT2D eigenvalue weighted by atomic mass is 10.0. The Bertz CT molecular complexity index is 850. The fraction of sp³-hybridized carbons (Fsp3) is 0.200. The van der Waals surface area contributed by atoms with Crippen LogP contribution in [-0.2, 0) is 13.5 Å². The number of rotatable bonds is 3. The lowest BCUT2D eigenvalue weighted by Gasteiger charge is -2.01. The predicted molar refractivity (Wildman–Crippen MR) is 73.0 cm³/mol. The summed E-state index contributed by atoms with van der Waals surface area (Å²) in [6.07, 6.45) is 2.16. The summed E-state index contributed by atoms with van der Waals surface area (Å²) in [5.41, 5.74) is 2.09. The van der Waals surface area contributed by atoms with Gasteiger partial charge in [0, 0.05) is 19.0 Å². The minimum absolute atomic E-state index is 0.135. The molecule has 0 atom stereocenters. The lowest BCUT2D eigenvalue weighted by molar-refractivity contribution is 0.103. The molecule has 102 valence electrons. The van der Waals surface area contributed by atoms with Gasteiger partial charge in [0.05, 0.1) is 17.3 Å². The van der Waals surface area contributed by atoms with Gasteiger partial charge in [0.15, 0.2) is 11.4 Å². The SMILES string of the molecule is CCc1occc1C(=O)c1ccc2c(c1)oc(=O)n2C. The van der Waals surface area contributed by atoms with Gasteiger partial charge in [-0.15, -0.1) is 0 Å². The Morgan fingerprint density at radius 3 is 2.85 bits per heavy atom. The van der Waals surface area contributed by atoms with Crippen LogP contribution in [0.3, 0.4) is 0 Å². The average Bonchev–Trinajstić information content (AvgIpc) is 3.03. The molecular formula is C15H13NO4. The van der Waals surface area contributed by atoms with E-state index in [9.17, 15) is 9.59 Å². The molecule has 0 spiro atoms. The number of furan rings is 1. The van der Waals surface area contributed by atoms with Crippen LogP contribution in [0.25, 0.3) is 11.1 Å². The summed E-state index contributed by atoms with van der Waals surface area (Å²) >= 11 is 0. The molecule has 0 aliphatic carbocycles. The maximum Gasteiger partial charge on any atom is 0.419 e. The van der Waals surface area contributed by atoms with E-state index >= 15 is 0 Å². The van der Waals surface area contributed by atoms with E-state index in [0.717, 1.165) is 0 Å². The van der Waals surface area contributed by atoms with Gasteiger partial charge in [-0.25, -0.2) is 4.79 Å². The van der Waals surface area contributed by atoms with Crippen LogP contribution >= 0.6 is 0 Å². The number of nitrogens with zero attached hydrogens (tertiary/aromatic N) is 1. The smallest absolute Gasteiger partial charge is 0.419 e. The molecule has 0 aliphatic heterocycles. The van der Waals surface area contributed by atoms with Crippen molar-refractivity contribution in [2.75, 3.05) is 0 Å². The Labute approximate surface area is 114 Å². The van der Waals surface area contributed by atoms with Crippen LogP contribution in [0, 0.1) is 0 Å². The highest BCUT2D eigenvalue weighted by molar-refractivity contribution is 6.10. The number of hydrogen-bond donors (Lipinski definition) is 0. The molecule has 0 bridgehead atoms. The molecule has 2 heterocycles. The molecular weight excluding hydrogens is 258 g/mol. The minimum atomic E-state index is -0.442. The van der Waals surface area contributed by atoms with Gasteiger partial charge in [-0.1, -0.05) is 6.92 Å². The van der Waals surface area contributed by atoms with Gasteiger partial charge >= 0.3 is 5.76 Å². The molecule has 0 radical (unpaired) electrons. The van der Waals surface area contributed by atoms with Crippen molar-refractivity contribution in [1.29, 1.82) is 0 Å². The van der Waals surface area contributed by atoms with E-state index in [-0.39, 0.29) is 5.78 Å². The zero-order chi connectivity index (χ0) is 14.3. The quantitative estimate of drug-likeness (QED) is 0.686. The molecule has 5 nitrogen and oxygen atoms in total. The van der Waals surface area contributed by atoms with Gasteiger partial charge in [-0.3, -0.25) is 9.36 Å². The Kier molecular flexibility index (Phi) is 2.82. The number of ketones is 1. The number of oxazole rings is 1. The number of aromatic nitrogens is 1. The summed E-state index contributed by atoms with van der Waals surface area (Å²) in [4.78, 5) is 23.9.